The molecule has 0 amide bonds. The maximum Gasteiger partial charge on any atom is 0.0874 e. The van der Waals surface area contributed by atoms with Crippen LogP contribution in [0.3, 0.4) is 0 Å². The molecule has 3 heteroatoms. The van der Waals surface area contributed by atoms with E-state index in [1.54, 1.807) is 0 Å². The van der Waals surface area contributed by atoms with Crippen LogP contribution in [0.1, 0.15) is 51.1 Å². The molecule has 1 aromatic rings. The summed E-state index contributed by atoms with van der Waals surface area (Å²) in [5, 5.41) is 0.749. The standard InChI is InChI=1S/C16H24ClNO/c1-3-19-16(10-8-12(2)9-11-16)15(18)13-4-6-14(17)7-5-13/h4-7,12,15H,3,8-11,18H2,1-2H3. The van der Waals surface area contributed by atoms with Crippen LogP contribution in [-0.2, 0) is 4.74 Å². The molecule has 0 aromatic heterocycles. The molecule has 0 radical (unpaired) electrons. The molecule has 1 atom stereocenters. The van der Waals surface area contributed by atoms with E-state index in [2.05, 4.69) is 6.92 Å². The van der Waals surface area contributed by atoms with Gasteiger partial charge in [-0.05, 0) is 56.2 Å². The van der Waals surface area contributed by atoms with Crippen molar-refractivity contribution < 1.29 is 4.74 Å². The van der Waals surface area contributed by atoms with Crippen molar-refractivity contribution in [2.75, 3.05) is 6.61 Å². The predicted molar refractivity (Wildman–Crippen MR) is 80.4 cm³/mol. The number of hydrogen-bond donors (Lipinski definition) is 1. The minimum absolute atomic E-state index is 0.0720. The van der Waals surface area contributed by atoms with Gasteiger partial charge in [-0.2, -0.15) is 0 Å². The first-order chi connectivity index (χ1) is 9.07. The Hall–Kier alpha value is -0.570. The van der Waals surface area contributed by atoms with Crippen molar-refractivity contribution in [1.82, 2.24) is 0 Å². The number of halogens is 1. The van der Waals surface area contributed by atoms with Gasteiger partial charge in [0.25, 0.3) is 0 Å². The zero-order valence-corrected chi connectivity index (χ0v) is 12.6. The smallest absolute Gasteiger partial charge is 0.0874 e. The first kappa shape index (κ1) is 14.8. The second kappa shape index (κ2) is 6.25. The third-order valence-corrected chi connectivity index (χ3v) is 4.60. The SMILES string of the molecule is CCOC1(C(N)c2ccc(Cl)cc2)CCC(C)CC1. The van der Waals surface area contributed by atoms with E-state index < -0.39 is 0 Å². The lowest BCUT2D eigenvalue weighted by Gasteiger charge is -2.43. The molecule has 0 spiro atoms. The zero-order valence-electron chi connectivity index (χ0n) is 11.9. The lowest BCUT2D eigenvalue weighted by atomic mass is 9.73. The first-order valence-electron chi connectivity index (χ1n) is 7.22. The van der Waals surface area contributed by atoms with Gasteiger partial charge in [0.1, 0.15) is 0 Å². The van der Waals surface area contributed by atoms with Crippen molar-refractivity contribution in [1.29, 1.82) is 0 Å². The van der Waals surface area contributed by atoms with Crippen LogP contribution in [-0.4, -0.2) is 12.2 Å². The molecule has 2 N–H and O–H groups in total. The predicted octanol–water partition coefficient (Wildman–Crippen LogP) is 4.33. The maximum absolute atomic E-state index is 6.52. The van der Waals surface area contributed by atoms with Crippen molar-refractivity contribution in [3.8, 4) is 0 Å². The van der Waals surface area contributed by atoms with Gasteiger partial charge in [0, 0.05) is 11.6 Å². The quantitative estimate of drug-likeness (QED) is 0.892. The fraction of sp³-hybridized carbons (Fsp3) is 0.625. The second-order valence-corrected chi connectivity index (χ2v) is 6.15. The van der Waals surface area contributed by atoms with Gasteiger partial charge in [-0.1, -0.05) is 30.7 Å². The minimum atomic E-state index is -0.199. The molecule has 2 rings (SSSR count). The number of benzene rings is 1. The molecule has 0 saturated heterocycles. The highest BCUT2D eigenvalue weighted by molar-refractivity contribution is 6.30. The molecular weight excluding hydrogens is 258 g/mol. The van der Waals surface area contributed by atoms with E-state index in [9.17, 15) is 0 Å². The van der Waals surface area contributed by atoms with E-state index in [1.165, 1.54) is 12.8 Å². The molecule has 1 aromatic carbocycles. The Balaban J connectivity index is 2.20. The van der Waals surface area contributed by atoms with Crippen LogP contribution in [0, 0.1) is 5.92 Å². The second-order valence-electron chi connectivity index (χ2n) is 5.71. The van der Waals surface area contributed by atoms with Crippen LogP contribution >= 0.6 is 11.6 Å². The fourth-order valence-corrected chi connectivity index (χ4v) is 3.18. The third kappa shape index (κ3) is 3.31. The van der Waals surface area contributed by atoms with Crippen molar-refractivity contribution >= 4 is 11.6 Å². The average Bonchev–Trinajstić information content (AvgIpc) is 2.42. The summed E-state index contributed by atoms with van der Waals surface area (Å²) in [6.45, 7) is 5.08. The minimum Gasteiger partial charge on any atom is -0.373 e. The lowest BCUT2D eigenvalue weighted by molar-refractivity contribution is -0.0896. The number of hydrogen-bond acceptors (Lipinski definition) is 2. The largest absolute Gasteiger partial charge is 0.373 e. The Morgan fingerprint density at radius 3 is 2.42 bits per heavy atom. The van der Waals surface area contributed by atoms with Gasteiger partial charge in [-0.15, -0.1) is 0 Å². The van der Waals surface area contributed by atoms with Gasteiger partial charge in [0.05, 0.1) is 11.6 Å². The van der Waals surface area contributed by atoms with E-state index in [-0.39, 0.29) is 11.6 Å². The van der Waals surface area contributed by atoms with Crippen molar-refractivity contribution in [2.24, 2.45) is 11.7 Å². The summed E-state index contributed by atoms with van der Waals surface area (Å²) in [5.74, 6) is 0.783. The molecule has 1 aliphatic carbocycles. The number of ether oxygens (including phenoxy) is 1. The van der Waals surface area contributed by atoms with E-state index in [4.69, 9.17) is 22.1 Å². The summed E-state index contributed by atoms with van der Waals surface area (Å²) in [7, 11) is 0. The fourth-order valence-electron chi connectivity index (χ4n) is 3.06. The van der Waals surface area contributed by atoms with Crippen LogP contribution in [0.2, 0.25) is 5.02 Å². The molecule has 106 valence electrons. The van der Waals surface area contributed by atoms with Gasteiger partial charge < -0.3 is 10.5 Å². The Labute approximate surface area is 121 Å². The summed E-state index contributed by atoms with van der Waals surface area (Å²) in [6.07, 6.45) is 4.49. The van der Waals surface area contributed by atoms with E-state index in [0.29, 0.717) is 0 Å². The highest BCUT2D eigenvalue weighted by atomic mass is 35.5. The lowest BCUT2D eigenvalue weighted by Crippen LogP contribution is -2.46. The van der Waals surface area contributed by atoms with Gasteiger partial charge in [-0.3, -0.25) is 0 Å². The van der Waals surface area contributed by atoms with E-state index >= 15 is 0 Å². The van der Waals surface area contributed by atoms with Gasteiger partial charge >= 0.3 is 0 Å². The normalized spacial score (nSPS) is 29.2. The first-order valence-corrected chi connectivity index (χ1v) is 7.60. The van der Waals surface area contributed by atoms with Gasteiger partial charge in [0.2, 0.25) is 0 Å². The Morgan fingerprint density at radius 2 is 1.89 bits per heavy atom. The van der Waals surface area contributed by atoms with E-state index in [1.807, 2.05) is 31.2 Å². The molecule has 0 bridgehead atoms. The van der Waals surface area contributed by atoms with Crippen LogP contribution in [0.15, 0.2) is 24.3 Å². The summed E-state index contributed by atoms with van der Waals surface area (Å²) in [6, 6.07) is 7.78. The Morgan fingerprint density at radius 1 is 1.32 bits per heavy atom. The third-order valence-electron chi connectivity index (χ3n) is 4.35. The molecule has 1 unspecified atom stereocenters. The van der Waals surface area contributed by atoms with Crippen molar-refractivity contribution in [2.45, 2.75) is 51.2 Å². The Bertz CT molecular complexity index is 396. The Kier molecular flexibility index (Phi) is 4.88. The molecule has 1 fully saturated rings. The average molecular weight is 282 g/mol. The number of nitrogens with two attached hydrogens (primary N) is 1. The van der Waals surface area contributed by atoms with Crippen molar-refractivity contribution in [3.05, 3.63) is 34.9 Å². The molecule has 0 aliphatic heterocycles. The molecule has 19 heavy (non-hydrogen) atoms. The zero-order chi connectivity index (χ0) is 13.9. The molecule has 0 heterocycles. The van der Waals surface area contributed by atoms with Crippen molar-refractivity contribution in [3.63, 3.8) is 0 Å². The molecule has 1 saturated carbocycles. The highest BCUT2D eigenvalue weighted by Gasteiger charge is 2.40. The van der Waals surface area contributed by atoms with Gasteiger partial charge in [-0.25, -0.2) is 0 Å². The maximum atomic E-state index is 6.52. The topological polar surface area (TPSA) is 35.2 Å². The van der Waals surface area contributed by atoms with Crippen LogP contribution < -0.4 is 5.73 Å². The highest BCUT2D eigenvalue weighted by Crippen LogP contribution is 2.42. The van der Waals surface area contributed by atoms with Gasteiger partial charge in [0.15, 0.2) is 0 Å². The summed E-state index contributed by atoms with van der Waals surface area (Å²) in [5.41, 5.74) is 7.44. The summed E-state index contributed by atoms with van der Waals surface area (Å²) < 4.78 is 6.11. The van der Waals surface area contributed by atoms with Crippen LogP contribution in [0.25, 0.3) is 0 Å². The van der Waals surface area contributed by atoms with Crippen LogP contribution in [0.4, 0.5) is 0 Å². The number of rotatable bonds is 4. The van der Waals surface area contributed by atoms with E-state index in [0.717, 1.165) is 36.0 Å². The monoisotopic (exact) mass is 281 g/mol. The molecule has 2 nitrogen and oxygen atoms in total. The van der Waals surface area contributed by atoms with Crippen LogP contribution in [0.5, 0.6) is 0 Å². The summed E-state index contributed by atoms with van der Waals surface area (Å²) in [4.78, 5) is 0. The summed E-state index contributed by atoms with van der Waals surface area (Å²) >= 11 is 5.95. The molecular formula is C16H24ClNO. The molecule has 1 aliphatic rings.